The minimum Gasteiger partial charge on any atom is -0.310 e. The van der Waals surface area contributed by atoms with E-state index in [4.69, 9.17) is 23.2 Å². The van der Waals surface area contributed by atoms with Gasteiger partial charge in [0.2, 0.25) is 0 Å². The van der Waals surface area contributed by atoms with E-state index < -0.39 is 0 Å². The molecule has 1 atom stereocenters. The van der Waals surface area contributed by atoms with Gasteiger partial charge in [0.05, 0.1) is 0 Å². The second-order valence-corrected chi connectivity index (χ2v) is 6.31. The summed E-state index contributed by atoms with van der Waals surface area (Å²) in [4.78, 5) is 0. The molecule has 1 N–H and O–H groups in total. The fraction of sp³-hybridized carbons (Fsp3) is 0.250. The number of halogens is 3. The summed E-state index contributed by atoms with van der Waals surface area (Å²) < 4.78 is 1.08. The first-order valence-corrected chi connectivity index (χ1v) is 8.08. The van der Waals surface area contributed by atoms with E-state index >= 15 is 0 Å². The van der Waals surface area contributed by atoms with Gasteiger partial charge in [0, 0.05) is 26.1 Å². The number of rotatable bonds is 5. The summed E-state index contributed by atoms with van der Waals surface area (Å²) in [6.45, 7) is 2.95. The molecule has 106 valence electrons. The third kappa shape index (κ3) is 3.98. The number of likely N-dealkylation sites (N-methyl/N-ethyl adjacent to an activating group) is 1. The third-order valence-electron chi connectivity index (χ3n) is 3.15. The molecule has 4 heteroatoms. The van der Waals surface area contributed by atoms with Crippen LogP contribution in [0.1, 0.15) is 24.1 Å². The van der Waals surface area contributed by atoms with E-state index in [-0.39, 0.29) is 6.04 Å². The molecule has 1 unspecified atom stereocenters. The van der Waals surface area contributed by atoms with Gasteiger partial charge in [-0.1, -0.05) is 64.3 Å². The molecular formula is C16H16BrCl2N. The number of hydrogen-bond donors (Lipinski definition) is 1. The number of hydrogen-bond acceptors (Lipinski definition) is 1. The van der Waals surface area contributed by atoms with Crippen molar-refractivity contribution in [3.8, 4) is 0 Å². The minimum atomic E-state index is 0.113. The van der Waals surface area contributed by atoms with Crippen molar-refractivity contribution < 1.29 is 0 Å². The molecule has 0 saturated heterocycles. The SMILES string of the molecule is CCNC(Cc1ccc(Br)cc1)c1c(Cl)cccc1Cl. The smallest absolute Gasteiger partial charge is 0.0468 e. The lowest BCUT2D eigenvalue weighted by molar-refractivity contribution is 0.550. The summed E-state index contributed by atoms with van der Waals surface area (Å²) in [7, 11) is 0. The molecule has 0 heterocycles. The van der Waals surface area contributed by atoms with Crippen molar-refractivity contribution in [1.82, 2.24) is 5.32 Å². The Morgan fingerprint density at radius 2 is 1.65 bits per heavy atom. The van der Waals surface area contributed by atoms with Gasteiger partial charge < -0.3 is 5.32 Å². The van der Waals surface area contributed by atoms with Gasteiger partial charge >= 0.3 is 0 Å². The number of benzene rings is 2. The zero-order valence-corrected chi connectivity index (χ0v) is 14.3. The van der Waals surface area contributed by atoms with Crippen LogP contribution in [0.2, 0.25) is 10.0 Å². The molecule has 0 amide bonds. The molecule has 0 saturated carbocycles. The fourth-order valence-corrected chi connectivity index (χ4v) is 3.15. The van der Waals surface area contributed by atoms with Gasteiger partial charge in [-0.25, -0.2) is 0 Å². The van der Waals surface area contributed by atoms with Crippen molar-refractivity contribution in [3.63, 3.8) is 0 Å². The van der Waals surface area contributed by atoms with Crippen molar-refractivity contribution in [2.24, 2.45) is 0 Å². The van der Waals surface area contributed by atoms with Crippen LogP contribution in [0.4, 0.5) is 0 Å². The predicted molar refractivity (Wildman–Crippen MR) is 90.7 cm³/mol. The maximum atomic E-state index is 6.32. The zero-order chi connectivity index (χ0) is 14.5. The molecular weight excluding hydrogens is 357 g/mol. The largest absolute Gasteiger partial charge is 0.310 e. The lowest BCUT2D eigenvalue weighted by atomic mass is 9.98. The second kappa shape index (κ2) is 7.46. The van der Waals surface area contributed by atoms with Gasteiger partial charge in [-0.3, -0.25) is 0 Å². The van der Waals surface area contributed by atoms with Crippen LogP contribution in [0.25, 0.3) is 0 Å². The average Bonchev–Trinajstić information content (AvgIpc) is 2.41. The van der Waals surface area contributed by atoms with Crippen LogP contribution in [-0.4, -0.2) is 6.54 Å². The molecule has 0 bridgehead atoms. The van der Waals surface area contributed by atoms with Gasteiger partial charge in [-0.05, 0) is 42.8 Å². The maximum Gasteiger partial charge on any atom is 0.0468 e. The first kappa shape index (κ1) is 15.8. The zero-order valence-electron chi connectivity index (χ0n) is 11.2. The standard InChI is InChI=1S/C16H16BrCl2N/c1-2-20-15(10-11-6-8-12(17)9-7-11)16-13(18)4-3-5-14(16)19/h3-9,15,20H,2,10H2,1H3. The summed E-state index contributed by atoms with van der Waals surface area (Å²) in [6, 6.07) is 14.1. The fourth-order valence-electron chi connectivity index (χ4n) is 2.22. The summed E-state index contributed by atoms with van der Waals surface area (Å²) >= 11 is 16.1. The average molecular weight is 373 g/mol. The molecule has 2 aromatic carbocycles. The van der Waals surface area contributed by atoms with Gasteiger partial charge in [0.1, 0.15) is 0 Å². The molecule has 1 nitrogen and oxygen atoms in total. The quantitative estimate of drug-likeness (QED) is 0.714. The van der Waals surface area contributed by atoms with Crippen LogP contribution in [0, 0.1) is 0 Å². The van der Waals surface area contributed by atoms with E-state index in [1.54, 1.807) is 0 Å². The van der Waals surface area contributed by atoms with Gasteiger partial charge in [0.25, 0.3) is 0 Å². The number of nitrogens with one attached hydrogen (secondary N) is 1. The van der Waals surface area contributed by atoms with E-state index in [0.717, 1.165) is 23.0 Å². The normalized spacial score (nSPS) is 12.4. The van der Waals surface area contributed by atoms with Crippen molar-refractivity contribution in [3.05, 3.63) is 68.1 Å². The Morgan fingerprint density at radius 1 is 1.05 bits per heavy atom. The van der Waals surface area contributed by atoms with Crippen molar-refractivity contribution >= 4 is 39.1 Å². The van der Waals surface area contributed by atoms with Crippen LogP contribution in [0.15, 0.2) is 46.9 Å². The molecule has 0 aromatic heterocycles. The molecule has 20 heavy (non-hydrogen) atoms. The highest BCUT2D eigenvalue weighted by molar-refractivity contribution is 9.10. The minimum absolute atomic E-state index is 0.113. The molecule has 0 aliphatic carbocycles. The summed E-state index contributed by atoms with van der Waals surface area (Å²) in [5, 5.41) is 4.88. The van der Waals surface area contributed by atoms with Crippen LogP contribution in [-0.2, 0) is 6.42 Å². The predicted octanol–water partition coefficient (Wildman–Crippen LogP) is 5.65. The first-order valence-electron chi connectivity index (χ1n) is 6.53. The lowest BCUT2D eigenvalue weighted by Gasteiger charge is -2.21. The Balaban J connectivity index is 2.29. The highest BCUT2D eigenvalue weighted by Crippen LogP contribution is 2.32. The highest BCUT2D eigenvalue weighted by atomic mass is 79.9. The summed E-state index contributed by atoms with van der Waals surface area (Å²) in [5.74, 6) is 0. The molecule has 2 aromatic rings. The first-order chi connectivity index (χ1) is 9.61. The molecule has 0 fully saturated rings. The summed E-state index contributed by atoms with van der Waals surface area (Å²) in [6.07, 6.45) is 0.852. The Hall–Kier alpha value is -0.540. The van der Waals surface area contributed by atoms with Crippen LogP contribution in [0.3, 0.4) is 0 Å². The Bertz CT molecular complexity index is 549. The second-order valence-electron chi connectivity index (χ2n) is 4.58. The van der Waals surface area contributed by atoms with Crippen LogP contribution < -0.4 is 5.32 Å². The Morgan fingerprint density at radius 3 is 2.20 bits per heavy atom. The van der Waals surface area contributed by atoms with E-state index in [9.17, 15) is 0 Å². The van der Waals surface area contributed by atoms with Crippen LogP contribution >= 0.6 is 39.1 Å². The van der Waals surface area contributed by atoms with Gasteiger partial charge in [-0.2, -0.15) is 0 Å². The van der Waals surface area contributed by atoms with Crippen LogP contribution in [0.5, 0.6) is 0 Å². The topological polar surface area (TPSA) is 12.0 Å². The van der Waals surface area contributed by atoms with E-state index in [1.165, 1.54) is 5.56 Å². The third-order valence-corrected chi connectivity index (χ3v) is 4.34. The highest BCUT2D eigenvalue weighted by Gasteiger charge is 2.17. The molecule has 2 rings (SSSR count). The molecule has 0 aliphatic heterocycles. The molecule has 0 aliphatic rings. The Labute approximate surface area is 138 Å². The Kier molecular flexibility index (Phi) is 5.91. The maximum absolute atomic E-state index is 6.32. The van der Waals surface area contributed by atoms with E-state index in [2.05, 4.69) is 40.3 Å². The van der Waals surface area contributed by atoms with E-state index in [0.29, 0.717) is 10.0 Å². The van der Waals surface area contributed by atoms with Gasteiger partial charge in [0.15, 0.2) is 0 Å². The summed E-state index contributed by atoms with van der Waals surface area (Å²) in [5.41, 5.74) is 2.22. The van der Waals surface area contributed by atoms with Crippen molar-refractivity contribution in [1.29, 1.82) is 0 Å². The van der Waals surface area contributed by atoms with Gasteiger partial charge in [-0.15, -0.1) is 0 Å². The lowest BCUT2D eigenvalue weighted by Crippen LogP contribution is -2.23. The van der Waals surface area contributed by atoms with Crippen molar-refractivity contribution in [2.45, 2.75) is 19.4 Å². The monoisotopic (exact) mass is 371 g/mol. The molecule has 0 spiro atoms. The molecule has 0 radical (unpaired) electrons. The van der Waals surface area contributed by atoms with E-state index in [1.807, 2.05) is 30.3 Å². The van der Waals surface area contributed by atoms with Crippen molar-refractivity contribution in [2.75, 3.05) is 6.54 Å².